The maximum Gasteiger partial charge on any atom is 0.326 e. The van der Waals surface area contributed by atoms with E-state index in [1.165, 1.54) is 0 Å². The summed E-state index contributed by atoms with van der Waals surface area (Å²) in [5.74, 6) is -3.62. The average molecular weight is 207 g/mol. The van der Waals surface area contributed by atoms with E-state index in [1.807, 2.05) is 5.32 Å². The standard InChI is InChI=1S/C7H10FNO5/c8-3-5(10)9-4(7(13)14)1-2-6(11)12/h4H,1-3H2,(H,9,10)(H,11,12)(H,13,14)/t4-/m1/s1. The lowest BCUT2D eigenvalue weighted by molar-refractivity contribution is -0.143. The van der Waals surface area contributed by atoms with Crippen molar-refractivity contribution in [3.8, 4) is 0 Å². The highest BCUT2D eigenvalue weighted by atomic mass is 19.1. The Labute approximate surface area is 78.7 Å². The lowest BCUT2D eigenvalue weighted by Crippen LogP contribution is -2.41. The molecule has 0 aromatic rings. The Morgan fingerprint density at radius 2 is 1.86 bits per heavy atom. The highest BCUT2D eigenvalue weighted by molar-refractivity contribution is 5.84. The van der Waals surface area contributed by atoms with Gasteiger partial charge in [-0.15, -0.1) is 0 Å². The number of alkyl halides is 1. The van der Waals surface area contributed by atoms with Crippen LogP contribution >= 0.6 is 0 Å². The van der Waals surface area contributed by atoms with Crippen molar-refractivity contribution in [2.24, 2.45) is 0 Å². The number of hydrogen-bond acceptors (Lipinski definition) is 3. The minimum Gasteiger partial charge on any atom is -0.481 e. The van der Waals surface area contributed by atoms with Crippen molar-refractivity contribution >= 4 is 17.8 Å². The van der Waals surface area contributed by atoms with Crippen LogP contribution in [0.25, 0.3) is 0 Å². The third-order valence-corrected chi connectivity index (χ3v) is 1.40. The predicted octanol–water partition coefficient (Wildman–Crippen LogP) is -0.610. The number of halogens is 1. The number of rotatable bonds is 6. The van der Waals surface area contributed by atoms with Crippen LogP contribution in [0, 0.1) is 0 Å². The summed E-state index contributed by atoms with van der Waals surface area (Å²) in [5, 5.41) is 18.6. The van der Waals surface area contributed by atoms with Crippen molar-refractivity contribution in [2.45, 2.75) is 18.9 Å². The number of carbonyl (C=O) groups excluding carboxylic acids is 1. The molecule has 0 saturated carbocycles. The van der Waals surface area contributed by atoms with Crippen molar-refractivity contribution in [3.63, 3.8) is 0 Å². The molecule has 3 N–H and O–H groups in total. The van der Waals surface area contributed by atoms with E-state index in [-0.39, 0.29) is 6.42 Å². The highest BCUT2D eigenvalue weighted by Crippen LogP contribution is 1.97. The lowest BCUT2D eigenvalue weighted by Gasteiger charge is -2.11. The first-order valence-corrected chi connectivity index (χ1v) is 3.77. The molecule has 0 aromatic heterocycles. The Hall–Kier alpha value is -1.66. The molecule has 0 aromatic carbocycles. The zero-order valence-corrected chi connectivity index (χ0v) is 7.20. The second-order valence-electron chi connectivity index (χ2n) is 2.52. The average Bonchev–Trinajstić information content (AvgIpc) is 2.10. The van der Waals surface area contributed by atoms with Crippen LogP contribution in [-0.4, -0.2) is 40.8 Å². The summed E-state index contributed by atoms with van der Waals surface area (Å²) in [7, 11) is 0. The molecule has 0 radical (unpaired) electrons. The van der Waals surface area contributed by atoms with Gasteiger partial charge in [0.05, 0.1) is 0 Å². The zero-order valence-electron chi connectivity index (χ0n) is 7.20. The van der Waals surface area contributed by atoms with Gasteiger partial charge in [-0.2, -0.15) is 0 Å². The van der Waals surface area contributed by atoms with Gasteiger partial charge in [0.2, 0.25) is 0 Å². The molecule has 1 atom stereocenters. The van der Waals surface area contributed by atoms with Crippen molar-refractivity contribution in [2.75, 3.05) is 6.67 Å². The molecular formula is C7H10FNO5. The Morgan fingerprint density at radius 1 is 1.29 bits per heavy atom. The van der Waals surface area contributed by atoms with Gasteiger partial charge in [0.15, 0.2) is 6.67 Å². The fourth-order valence-corrected chi connectivity index (χ4v) is 0.758. The van der Waals surface area contributed by atoms with Crippen LogP contribution < -0.4 is 5.32 Å². The number of carboxylic acids is 2. The van der Waals surface area contributed by atoms with Gasteiger partial charge in [-0.3, -0.25) is 9.59 Å². The minimum atomic E-state index is -1.38. The number of aliphatic carboxylic acids is 2. The van der Waals surface area contributed by atoms with Gasteiger partial charge in [-0.25, -0.2) is 9.18 Å². The molecular weight excluding hydrogens is 197 g/mol. The van der Waals surface area contributed by atoms with E-state index < -0.39 is 37.0 Å². The van der Waals surface area contributed by atoms with Gasteiger partial charge in [0.1, 0.15) is 6.04 Å². The molecule has 80 valence electrons. The predicted molar refractivity (Wildman–Crippen MR) is 42.4 cm³/mol. The van der Waals surface area contributed by atoms with Crippen LogP contribution in [-0.2, 0) is 14.4 Å². The summed E-state index contributed by atoms with van der Waals surface area (Å²) in [6.45, 7) is -1.32. The third kappa shape index (κ3) is 5.07. The maximum atomic E-state index is 11.7. The largest absolute Gasteiger partial charge is 0.481 e. The van der Waals surface area contributed by atoms with E-state index in [2.05, 4.69) is 0 Å². The first-order valence-electron chi connectivity index (χ1n) is 3.77. The molecule has 0 bridgehead atoms. The van der Waals surface area contributed by atoms with E-state index in [0.29, 0.717) is 0 Å². The van der Waals surface area contributed by atoms with Crippen molar-refractivity contribution in [1.82, 2.24) is 5.32 Å². The number of hydrogen-bond donors (Lipinski definition) is 3. The Balaban J connectivity index is 4.09. The molecule has 0 saturated heterocycles. The monoisotopic (exact) mass is 207 g/mol. The van der Waals surface area contributed by atoms with E-state index in [9.17, 15) is 18.8 Å². The molecule has 0 aliphatic carbocycles. The molecule has 7 heteroatoms. The highest BCUT2D eigenvalue weighted by Gasteiger charge is 2.20. The van der Waals surface area contributed by atoms with Crippen LogP contribution in [0.4, 0.5) is 4.39 Å². The molecule has 14 heavy (non-hydrogen) atoms. The first-order chi connectivity index (χ1) is 6.47. The van der Waals surface area contributed by atoms with Crippen molar-refractivity contribution < 1.29 is 29.0 Å². The van der Waals surface area contributed by atoms with Crippen LogP contribution in [0.15, 0.2) is 0 Å². The summed E-state index contributed by atoms with van der Waals surface area (Å²) < 4.78 is 11.7. The van der Waals surface area contributed by atoms with Crippen LogP contribution in [0.2, 0.25) is 0 Å². The van der Waals surface area contributed by atoms with Gasteiger partial charge in [-0.1, -0.05) is 0 Å². The second kappa shape index (κ2) is 5.90. The molecule has 0 spiro atoms. The molecule has 0 aliphatic heterocycles. The second-order valence-corrected chi connectivity index (χ2v) is 2.52. The Kier molecular flexibility index (Phi) is 5.20. The van der Waals surface area contributed by atoms with Crippen molar-refractivity contribution in [3.05, 3.63) is 0 Å². The normalized spacial score (nSPS) is 11.8. The van der Waals surface area contributed by atoms with Gasteiger partial charge in [-0.05, 0) is 6.42 Å². The van der Waals surface area contributed by atoms with E-state index in [1.54, 1.807) is 0 Å². The summed E-state index contributed by atoms with van der Waals surface area (Å²) in [6.07, 6.45) is -0.667. The number of carboxylic acid groups (broad SMARTS) is 2. The molecule has 0 unspecified atom stereocenters. The van der Waals surface area contributed by atoms with Crippen LogP contribution in [0.3, 0.4) is 0 Å². The van der Waals surface area contributed by atoms with Crippen LogP contribution in [0.5, 0.6) is 0 Å². The quantitative estimate of drug-likeness (QED) is 0.539. The van der Waals surface area contributed by atoms with Gasteiger partial charge < -0.3 is 15.5 Å². The van der Waals surface area contributed by atoms with E-state index in [4.69, 9.17) is 10.2 Å². The van der Waals surface area contributed by atoms with Gasteiger partial charge in [0, 0.05) is 6.42 Å². The third-order valence-electron chi connectivity index (χ3n) is 1.40. The number of amides is 1. The van der Waals surface area contributed by atoms with Crippen LogP contribution in [0.1, 0.15) is 12.8 Å². The SMILES string of the molecule is O=C(O)CC[C@@H](NC(=O)CF)C(=O)O. The molecule has 0 rings (SSSR count). The fraction of sp³-hybridized carbons (Fsp3) is 0.571. The van der Waals surface area contributed by atoms with Gasteiger partial charge >= 0.3 is 11.9 Å². The summed E-state index contributed by atoms with van der Waals surface area (Å²) in [6, 6.07) is -1.35. The molecule has 6 nitrogen and oxygen atoms in total. The Bertz CT molecular complexity index is 242. The molecule has 0 heterocycles. The van der Waals surface area contributed by atoms with E-state index in [0.717, 1.165) is 0 Å². The summed E-state index contributed by atoms with van der Waals surface area (Å²) in [4.78, 5) is 31.0. The minimum absolute atomic E-state index is 0.267. The van der Waals surface area contributed by atoms with Crippen molar-refractivity contribution in [1.29, 1.82) is 0 Å². The van der Waals surface area contributed by atoms with Gasteiger partial charge in [0.25, 0.3) is 5.91 Å². The zero-order chi connectivity index (χ0) is 11.1. The lowest BCUT2D eigenvalue weighted by atomic mass is 10.1. The molecule has 1 amide bonds. The summed E-state index contributed by atoms with van der Waals surface area (Å²) in [5.41, 5.74) is 0. The maximum absolute atomic E-state index is 11.7. The summed E-state index contributed by atoms with van der Waals surface area (Å²) >= 11 is 0. The molecule has 0 fully saturated rings. The number of nitrogens with one attached hydrogen (secondary N) is 1. The number of carbonyl (C=O) groups is 3. The van der Waals surface area contributed by atoms with E-state index >= 15 is 0 Å². The smallest absolute Gasteiger partial charge is 0.326 e. The topological polar surface area (TPSA) is 104 Å². The first kappa shape index (κ1) is 12.3. The molecule has 0 aliphatic rings. The Morgan fingerprint density at radius 3 is 2.21 bits per heavy atom. The fourth-order valence-electron chi connectivity index (χ4n) is 0.758.